The van der Waals surface area contributed by atoms with Crippen LogP contribution in [0.3, 0.4) is 0 Å². The number of benzene rings is 1. The summed E-state index contributed by atoms with van der Waals surface area (Å²) < 4.78 is 0. The minimum Gasteiger partial charge on any atom is -0.0851 e. The molecule has 1 aromatic rings. The monoisotopic (exact) mass is 244 g/mol. The zero-order chi connectivity index (χ0) is 11.5. The van der Waals surface area contributed by atoms with Crippen molar-refractivity contribution < 1.29 is 0 Å². The van der Waals surface area contributed by atoms with Gasteiger partial charge in [-0.05, 0) is 61.1 Å². The molecule has 0 amide bonds. The lowest BCUT2D eigenvalue weighted by atomic mass is 9.63. The van der Waals surface area contributed by atoms with E-state index < -0.39 is 0 Å². The van der Waals surface area contributed by atoms with Gasteiger partial charge < -0.3 is 0 Å². The van der Waals surface area contributed by atoms with E-state index in [2.05, 4.69) is 30.4 Å². The van der Waals surface area contributed by atoms with Crippen molar-refractivity contribution in [3.8, 4) is 0 Å². The van der Waals surface area contributed by atoms with Crippen molar-refractivity contribution >= 4 is 11.6 Å². The van der Waals surface area contributed by atoms with E-state index >= 15 is 0 Å². The van der Waals surface area contributed by atoms with E-state index in [1.807, 2.05) is 0 Å². The SMILES string of the molecule is Clc1cccc2c1CCCC21CC2C=CC1C2. The van der Waals surface area contributed by atoms with Crippen LogP contribution in [0.5, 0.6) is 0 Å². The fraction of sp³-hybridized carbons (Fsp3) is 0.500. The summed E-state index contributed by atoms with van der Waals surface area (Å²) in [6.45, 7) is 0. The van der Waals surface area contributed by atoms with E-state index in [9.17, 15) is 0 Å². The Kier molecular flexibility index (Phi) is 2.03. The summed E-state index contributed by atoms with van der Waals surface area (Å²) in [5, 5.41) is 0.994. The van der Waals surface area contributed by atoms with Crippen molar-refractivity contribution in [1.29, 1.82) is 0 Å². The minimum absolute atomic E-state index is 0.442. The van der Waals surface area contributed by atoms with Gasteiger partial charge in [0.2, 0.25) is 0 Å². The van der Waals surface area contributed by atoms with Crippen molar-refractivity contribution in [2.24, 2.45) is 11.8 Å². The fourth-order valence-corrected chi connectivity index (χ4v) is 4.82. The predicted octanol–water partition coefficient (Wildman–Crippen LogP) is 4.51. The molecule has 0 nitrogen and oxygen atoms in total. The van der Waals surface area contributed by atoms with E-state index in [0.717, 1.165) is 16.9 Å². The van der Waals surface area contributed by atoms with Crippen LogP contribution >= 0.6 is 11.6 Å². The van der Waals surface area contributed by atoms with Crippen LogP contribution in [0.1, 0.15) is 36.8 Å². The molecule has 0 radical (unpaired) electrons. The third-order valence-corrected chi connectivity index (χ3v) is 5.57. The van der Waals surface area contributed by atoms with Crippen LogP contribution in [-0.4, -0.2) is 0 Å². The quantitative estimate of drug-likeness (QED) is 0.589. The van der Waals surface area contributed by atoms with Crippen LogP contribution in [0.4, 0.5) is 0 Å². The first kappa shape index (κ1) is 10.2. The Bertz CT molecular complexity index is 502. The van der Waals surface area contributed by atoms with E-state index in [4.69, 9.17) is 11.6 Å². The van der Waals surface area contributed by atoms with Crippen LogP contribution in [0.15, 0.2) is 30.4 Å². The maximum Gasteiger partial charge on any atom is 0.0440 e. The Balaban J connectivity index is 1.91. The number of rotatable bonds is 0. The highest BCUT2D eigenvalue weighted by molar-refractivity contribution is 6.31. The van der Waals surface area contributed by atoms with Crippen LogP contribution in [-0.2, 0) is 11.8 Å². The van der Waals surface area contributed by atoms with Crippen molar-refractivity contribution in [3.05, 3.63) is 46.5 Å². The lowest BCUT2D eigenvalue weighted by molar-refractivity contribution is 0.303. The van der Waals surface area contributed by atoms with Crippen molar-refractivity contribution in [1.82, 2.24) is 0 Å². The van der Waals surface area contributed by atoms with Crippen LogP contribution in [0.25, 0.3) is 0 Å². The molecule has 3 aliphatic carbocycles. The average Bonchev–Trinajstić information content (AvgIpc) is 2.92. The molecular weight excluding hydrogens is 228 g/mol. The molecule has 1 fully saturated rings. The molecule has 1 aromatic carbocycles. The first-order valence-corrected chi connectivity index (χ1v) is 7.14. The second-order valence-electron chi connectivity index (χ2n) is 5.97. The van der Waals surface area contributed by atoms with E-state index in [0.29, 0.717) is 5.41 Å². The van der Waals surface area contributed by atoms with E-state index in [-0.39, 0.29) is 0 Å². The van der Waals surface area contributed by atoms with Gasteiger partial charge in [0, 0.05) is 10.4 Å². The molecule has 3 atom stereocenters. The molecule has 0 aromatic heterocycles. The first-order valence-electron chi connectivity index (χ1n) is 6.76. The predicted molar refractivity (Wildman–Crippen MR) is 71.4 cm³/mol. The topological polar surface area (TPSA) is 0 Å². The Morgan fingerprint density at radius 3 is 2.94 bits per heavy atom. The highest BCUT2D eigenvalue weighted by atomic mass is 35.5. The molecule has 1 saturated carbocycles. The lowest BCUT2D eigenvalue weighted by Gasteiger charge is -2.41. The molecule has 17 heavy (non-hydrogen) atoms. The second kappa shape index (κ2) is 3.38. The minimum atomic E-state index is 0.442. The number of halogens is 1. The summed E-state index contributed by atoms with van der Waals surface area (Å²) in [6.07, 6.45) is 11.5. The van der Waals surface area contributed by atoms with Crippen LogP contribution in [0.2, 0.25) is 5.02 Å². The zero-order valence-electron chi connectivity index (χ0n) is 9.95. The van der Waals surface area contributed by atoms with E-state index in [1.54, 1.807) is 5.56 Å². The smallest absolute Gasteiger partial charge is 0.0440 e. The molecule has 4 rings (SSSR count). The number of hydrogen-bond donors (Lipinski definition) is 0. The van der Waals surface area contributed by atoms with Gasteiger partial charge in [0.05, 0.1) is 0 Å². The Hall–Kier alpha value is -0.750. The van der Waals surface area contributed by atoms with E-state index in [1.165, 1.54) is 37.7 Å². The van der Waals surface area contributed by atoms with Gasteiger partial charge >= 0.3 is 0 Å². The summed E-state index contributed by atoms with van der Waals surface area (Å²) in [5.41, 5.74) is 3.47. The maximum absolute atomic E-state index is 6.39. The van der Waals surface area contributed by atoms with Crippen molar-refractivity contribution in [2.75, 3.05) is 0 Å². The Morgan fingerprint density at radius 2 is 2.18 bits per heavy atom. The number of fused-ring (bicyclic) bond motifs is 5. The van der Waals surface area contributed by atoms with Crippen LogP contribution < -0.4 is 0 Å². The second-order valence-corrected chi connectivity index (χ2v) is 6.37. The number of hydrogen-bond acceptors (Lipinski definition) is 0. The van der Waals surface area contributed by atoms with Gasteiger partial charge in [0.25, 0.3) is 0 Å². The summed E-state index contributed by atoms with van der Waals surface area (Å²) in [7, 11) is 0. The molecule has 0 N–H and O–H groups in total. The highest BCUT2D eigenvalue weighted by Gasteiger charge is 2.50. The van der Waals surface area contributed by atoms with Gasteiger partial charge in [-0.25, -0.2) is 0 Å². The lowest BCUT2D eigenvalue weighted by Crippen LogP contribution is -2.35. The van der Waals surface area contributed by atoms with Gasteiger partial charge in [0.1, 0.15) is 0 Å². The molecule has 1 heteroatoms. The molecule has 1 spiro atoms. The average molecular weight is 245 g/mol. The summed E-state index contributed by atoms with van der Waals surface area (Å²) >= 11 is 6.39. The molecule has 3 aliphatic rings. The van der Waals surface area contributed by atoms with Gasteiger partial charge in [-0.2, -0.15) is 0 Å². The molecule has 0 saturated heterocycles. The Labute approximate surface area is 108 Å². The highest BCUT2D eigenvalue weighted by Crippen LogP contribution is 2.58. The standard InChI is InChI=1S/C16H17Cl/c17-15-5-1-4-14-13(15)3-2-8-16(14)10-11-6-7-12(16)9-11/h1,4-7,11-12H,2-3,8-10H2. The van der Waals surface area contributed by atoms with Crippen molar-refractivity contribution in [3.63, 3.8) is 0 Å². The van der Waals surface area contributed by atoms with Crippen molar-refractivity contribution in [2.45, 2.75) is 37.5 Å². The molecule has 88 valence electrons. The first-order chi connectivity index (χ1) is 8.29. The molecule has 2 bridgehead atoms. The third-order valence-electron chi connectivity index (χ3n) is 5.21. The van der Waals surface area contributed by atoms with Gasteiger partial charge in [-0.3, -0.25) is 0 Å². The fourth-order valence-electron chi connectivity index (χ4n) is 4.55. The summed E-state index contributed by atoms with van der Waals surface area (Å²) in [5.74, 6) is 1.62. The zero-order valence-corrected chi connectivity index (χ0v) is 10.7. The normalized spacial score (nSPS) is 37.7. The number of allylic oxidation sites excluding steroid dienone is 2. The maximum atomic E-state index is 6.39. The Morgan fingerprint density at radius 1 is 1.24 bits per heavy atom. The van der Waals surface area contributed by atoms with Gasteiger partial charge in [-0.1, -0.05) is 35.9 Å². The third kappa shape index (κ3) is 1.25. The molecule has 3 unspecified atom stereocenters. The molecule has 0 aliphatic heterocycles. The summed E-state index contributed by atoms with van der Waals surface area (Å²) in [6, 6.07) is 6.54. The van der Waals surface area contributed by atoms with Gasteiger partial charge in [0.15, 0.2) is 0 Å². The largest absolute Gasteiger partial charge is 0.0851 e. The van der Waals surface area contributed by atoms with Crippen LogP contribution in [0, 0.1) is 11.8 Å². The van der Waals surface area contributed by atoms with Gasteiger partial charge in [-0.15, -0.1) is 0 Å². The molecular formula is C16H17Cl. The molecule has 0 heterocycles. The summed E-state index contributed by atoms with van der Waals surface area (Å²) in [4.78, 5) is 0.